The van der Waals surface area contributed by atoms with Crippen molar-refractivity contribution in [1.82, 2.24) is 0 Å². The van der Waals surface area contributed by atoms with Gasteiger partial charge in [0.15, 0.2) is 0 Å². The van der Waals surface area contributed by atoms with Crippen LogP contribution in [-0.2, 0) is 0 Å². The lowest BCUT2D eigenvalue weighted by Gasteiger charge is -2.08. The van der Waals surface area contributed by atoms with Gasteiger partial charge in [-0.05, 0) is 29.8 Å². The fourth-order valence-corrected chi connectivity index (χ4v) is 1.74. The molecule has 17 heavy (non-hydrogen) atoms. The predicted molar refractivity (Wildman–Crippen MR) is 67.8 cm³/mol. The first kappa shape index (κ1) is 11.7. The van der Waals surface area contributed by atoms with E-state index in [2.05, 4.69) is 0 Å². The molecule has 88 valence electrons. The minimum atomic E-state index is -0.403. The molecule has 0 saturated heterocycles. The molecule has 0 aromatic heterocycles. The molecule has 2 nitrogen and oxygen atoms in total. The van der Waals surface area contributed by atoms with Crippen LogP contribution in [0.15, 0.2) is 36.4 Å². The maximum atomic E-state index is 13.8. The van der Waals surface area contributed by atoms with Gasteiger partial charge in [-0.3, -0.25) is 0 Å². The monoisotopic (exact) mass is 251 g/mol. The van der Waals surface area contributed by atoms with E-state index in [0.29, 0.717) is 21.9 Å². The van der Waals surface area contributed by atoms with Crippen LogP contribution in [0.2, 0.25) is 5.02 Å². The van der Waals surface area contributed by atoms with Crippen LogP contribution in [0.25, 0.3) is 11.1 Å². The summed E-state index contributed by atoms with van der Waals surface area (Å²) in [5.74, 6) is 0.259. The van der Waals surface area contributed by atoms with Crippen LogP contribution < -0.4 is 10.5 Å². The van der Waals surface area contributed by atoms with E-state index < -0.39 is 5.82 Å². The molecule has 2 rings (SSSR count). The van der Waals surface area contributed by atoms with E-state index in [4.69, 9.17) is 22.1 Å². The first-order valence-corrected chi connectivity index (χ1v) is 5.38. The topological polar surface area (TPSA) is 35.2 Å². The van der Waals surface area contributed by atoms with E-state index >= 15 is 0 Å². The maximum Gasteiger partial charge on any atom is 0.133 e. The molecule has 0 atom stereocenters. The lowest BCUT2D eigenvalue weighted by Crippen LogP contribution is -1.92. The van der Waals surface area contributed by atoms with Crippen LogP contribution in [0.1, 0.15) is 0 Å². The highest BCUT2D eigenvalue weighted by atomic mass is 35.5. The minimum absolute atomic E-state index is 0.232. The first-order chi connectivity index (χ1) is 8.11. The summed E-state index contributed by atoms with van der Waals surface area (Å²) in [7, 11) is 1.56. The Labute approximate surface area is 104 Å². The highest BCUT2D eigenvalue weighted by Gasteiger charge is 2.09. The molecule has 0 unspecified atom stereocenters. The molecule has 2 N–H and O–H groups in total. The number of nitrogens with two attached hydrogens (primary N) is 1. The molecule has 0 radical (unpaired) electrons. The second-order valence-electron chi connectivity index (χ2n) is 3.59. The van der Waals surface area contributed by atoms with Crippen LogP contribution in [0.5, 0.6) is 5.75 Å². The number of halogens is 2. The second kappa shape index (κ2) is 4.63. The van der Waals surface area contributed by atoms with Gasteiger partial charge in [0.05, 0.1) is 17.8 Å². The van der Waals surface area contributed by atoms with Crippen molar-refractivity contribution in [2.24, 2.45) is 0 Å². The Morgan fingerprint density at radius 1 is 1.24 bits per heavy atom. The van der Waals surface area contributed by atoms with E-state index in [1.165, 1.54) is 12.1 Å². The molecule has 0 aliphatic carbocycles. The van der Waals surface area contributed by atoms with Gasteiger partial charge in [0, 0.05) is 5.56 Å². The molecular formula is C13H11ClFNO. The smallest absolute Gasteiger partial charge is 0.133 e. The van der Waals surface area contributed by atoms with Gasteiger partial charge in [0.1, 0.15) is 11.6 Å². The van der Waals surface area contributed by atoms with Crippen LogP contribution in [0, 0.1) is 5.82 Å². The lowest BCUT2D eigenvalue weighted by molar-refractivity contribution is 0.415. The zero-order valence-electron chi connectivity index (χ0n) is 9.21. The fourth-order valence-electron chi connectivity index (χ4n) is 1.57. The summed E-state index contributed by atoms with van der Waals surface area (Å²) in [4.78, 5) is 0. The number of benzene rings is 2. The van der Waals surface area contributed by atoms with Crippen molar-refractivity contribution in [3.8, 4) is 16.9 Å². The van der Waals surface area contributed by atoms with E-state index in [9.17, 15) is 4.39 Å². The highest BCUT2D eigenvalue weighted by Crippen LogP contribution is 2.31. The van der Waals surface area contributed by atoms with Crippen molar-refractivity contribution in [3.63, 3.8) is 0 Å². The SMILES string of the molecule is COc1cccc(-c2cc(Cl)c(N)cc2F)c1. The Balaban J connectivity index is 2.56. The summed E-state index contributed by atoms with van der Waals surface area (Å²) in [6.45, 7) is 0. The molecule has 0 amide bonds. The Morgan fingerprint density at radius 3 is 2.71 bits per heavy atom. The lowest BCUT2D eigenvalue weighted by atomic mass is 10.0. The van der Waals surface area contributed by atoms with Crippen molar-refractivity contribution in [2.45, 2.75) is 0 Å². The van der Waals surface area contributed by atoms with E-state index in [-0.39, 0.29) is 5.69 Å². The Kier molecular flexibility index (Phi) is 3.20. The van der Waals surface area contributed by atoms with Gasteiger partial charge in [0.2, 0.25) is 0 Å². The summed E-state index contributed by atoms with van der Waals surface area (Å²) < 4.78 is 18.9. The standard InChI is InChI=1S/C13H11ClFNO/c1-17-9-4-2-3-8(5-9)10-6-11(14)13(16)7-12(10)15/h2-7H,16H2,1H3. The molecule has 0 heterocycles. The van der Waals surface area contributed by atoms with Gasteiger partial charge >= 0.3 is 0 Å². The normalized spacial score (nSPS) is 10.3. The quantitative estimate of drug-likeness (QED) is 0.826. The fraction of sp³-hybridized carbons (Fsp3) is 0.0769. The van der Waals surface area contributed by atoms with Gasteiger partial charge in [-0.25, -0.2) is 4.39 Å². The average molecular weight is 252 g/mol. The van der Waals surface area contributed by atoms with Crippen LogP contribution in [0.4, 0.5) is 10.1 Å². The van der Waals surface area contributed by atoms with E-state index in [1.54, 1.807) is 31.4 Å². The predicted octanol–water partition coefficient (Wildman–Crippen LogP) is 3.74. The summed E-state index contributed by atoms with van der Waals surface area (Å²) in [5, 5.41) is 0.337. The Bertz CT molecular complexity index is 557. The van der Waals surface area contributed by atoms with Crippen molar-refractivity contribution >= 4 is 17.3 Å². The molecule has 0 fully saturated rings. The third-order valence-electron chi connectivity index (χ3n) is 2.47. The number of anilines is 1. The van der Waals surface area contributed by atoms with Gasteiger partial charge in [-0.2, -0.15) is 0 Å². The second-order valence-corrected chi connectivity index (χ2v) is 3.99. The summed E-state index contributed by atoms with van der Waals surface area (Å²) >= 11 is 5.89. The van der Waals surface area contributed by atoms with Gasteiger partial charge < -0.3 is 10.5 Å². The zero-order valence-corrected chi connectivity index (χ0v) is 9.96. The summed E-state index contributed by atoms with van der Waals surface area (Å²) in [6.07, 6.45) is 0. The number of ether oxygens (including phenoxy) is 1. The summed E-state index contributed by atoms with van der Waals surface area (Å²) in [5.41, 5.74) is 6.86. The van der Waals surface area contributed by atoms with Crippen molar-refractivity contribution < 1.29 is 9.13 Å². The third kappa shape index (κ3) is 2.34. The first-order valence-electron chi connectivity index (χ1n) is 5.01. The maximum absolute atomic E-state index is 13.8. The van der Waals surface area contributed by atoms with Gasteiger partial charge in [-0.1, -0.05) is 23.7 Å². The number of nitrogen functional groups attached to an aromatic ring is 1. The summed E-state index contributed by atoms with van der Waals surface area (Å²) in [6, 6.07) is 9.84. The van der Waals surface area contributed by atoms with E-state index in [1.807, 2.05) is 0 Å². The number of hydrogen-bond acceptors (Lipinski definition) is 2. The van der Waals surface area contributed by atoms with Crippen LogP contribution in [-0.4, -0.2) is 7.11 Å². The molecule has 4 heteroatoms. The third-order valence-corrected chi connectivity index (χ3v) is 2.79. The van der Waals surface area contributed by atoms with E-state index in [0.717, 1.165) is 0 Å². The van der Waals surface area contributed by atoms with Crippen molar-refractivity contribution in [2.75, 3.05) is 12.8 Å². The molecule has 0 aliphatic heterocycles. The molecule has 2 aromatic carbocycles. The molecule has 2 aromatic rings. The van der Waals surface area contributed by atoms with Crippen LogP contribution in [0.3, 0.4) is 0 Å². The Hall–Kier alpha value is -1.74. The van der Waals surface area contributed by atoms with Crippen molar-refractivity contribution in [3.05, 3.63) is 47.2 Å². The zero-order chi connectivity index (χ0) is 12.4. The number of hydrogen-bond donors (Lipinski definition) is 1. The Morgan fingerprint density at radius 2 is 2.00 bits per heavy atom. The van der Waals surface area contributed by atoms with Crippen molar-refractivity contribution in [1.29, 1.82) is 0 Å². The van der Waals surface area contributed by atoms with Crippen LogP contribution >= 0.6 is 11.6 Å². The highest BCUT2D eigenvalue weighted by molar-refractivity contribution is 6.33. The number of rotatable bonds is 2. The average Bonchev–Trinajstić information content (AvgIpc) is 2.34. The van der Waals surface area contributed by atoms with Gasteiger partial charge in [0.25, 0.3) is 0 Å². The molecule has 0 aliphatic rings. The molecule has 0 spiro atoms. The number of methoxy groups -OCH3 is 1. The molecule has 0 saturated carbocycles. The largest absolute Gasteiger partial charge is 0.497 e. The van der Waals surface area contributed by atoms with Gasteiger partial charge in [-0.15, -0.1) is 0 Å². The molecular weight excluding hydrogens is 241 g/mol. The minimum Gasteiger partial charge on any atom is -0.497 e. The molecule has 0 bridgehead atoms.